The van der Waals surface area contributed by atoms with E-state index < -0.39 is 18.0 Å². The minimum atomic E-state index is -0.791. The van der Waals surface area contributed by atoms with Crippen LogP contribution in [0.25, 0.3) is 11.8 Å². The van der Waals surface area contributed by atoms with Crippen molar-refractivity contribution in [3.05, 3.63) is 108 Å². The number of methoxy groups -OCH3 is 2. The number of nitrogens with zero attached hydrogens (tertiary/aromatic N) is 3. The molecule has 0 aliphatic carbocycles. The van der Waals surface area contributed by atoms with Gasteiger partial charge >= 0.3 is 11.9 Å². The predicted octanol–water partition coefficient (Wildman–Crippen LogP) is 4.79. The first-order chi connectivity index (χ1) is 22.0. The average Bonchev–Trinajstić information content (AvgIpc) is 3.49. The number of aromatic nitrogens is 2. The summed E-state index contributed by atoms with van der Waals surface area (Å²) in [4.78, 5) is 44.6. The zero-order valence-corrected chi connectivity index (χ0v) is 28.0. The van der Waals surface area contributed by atoms with Gasteiger partial charge < -0.3 is 23.5 Å². The Morgan fingerprint density at radius 3 is 2.35 bits per heavy atom. The molecule has 1 atom stereocenters. The molecule has 11 heteroatoms. The number of fused-ring (bicyclic) bond motifs is 1. The first-order valence-electron chi connectivity index (χ1n) is 14.9. The maximum absolute atomic E-state index is 14.2. The lowest BCUT2D eigenvalue weighted by Gasteiger charge is -2.25. The van der Waals surface area contributed by atoms with Gasteiger partial charge in [-0.3, -0.25) is 9.36 Å². The number of ether oxygens (including phenoxy) is 4. The summed E-state index contributed by atoms with van der Waals surface area (Å²) in [5.74, 6) is 0.105. The number of thiazole rings is 1. The van der Waals surface area contributed by atoms with E-state index >= 15 is 0 Å². The standard InChI is InChI=1S/C35H37N3O7S/c1-9-44-34(41)30-21(5)36-35-38(31(30)24-12-15-27(45-19(2)3)28(17-24)42-7)32(39)29(46-35)18-25-16-20(4)37(22(25)6)26-13-10-23(11-14-26)33(40)43-8/h10-19,31H,9H2,1-8H3/b29-18-/t31-/m0/s1. The Hall–Kier alpha value is -4.90. The lowest BCUT2D eigenvalue weighted by Crippen LogP contribution is -2.40. The fourth-order valence-electron chi connectivity index (χ4n) is 5.65. The fourth-order valence-corrected chi connectivity index (χ4v) is 6.69. The molecular formula is C35H37N3O7S. The minimum Gasteiger partial charge on any atom is -0.493 e. The maximum Gasteiger partial charge on any atom is 0.338 e. The molecule has 0 N–H and O–H groups in total. The number of rotatable bonds is 9. The molecule has 5 rings (SSSR count). The summed E-state index contributed by atoms with van der Waals surface area (Å²) in [5, 5.41) is 0. The lowest BCUT2D eigenvalue weighted by atomic mass is 9.95. The number of aryl methyl sites for hydroxylation is 1. The molecule has 1 aliphatic heterocycles. The van der Waals surface area contributed by atoms with Crippen LogP contribution in [0.5, 0.6) is 11.5 Å². The van der Waals surface area contributed by atoms with Crippen LogP contribution in [0.1, 0.15) is 66.6 Å². The SMILES string of the molecule is CCOC(=O)C1=C(C)N=c2s/c(=C\c3cc(C)n(-c4ccc(C(=O)OC)cc4)c3C)c(=O)n2[C@H]1c1ccc(OC(C)C)c(OC)c1. The smallest absolute Gasteiger partial charge is 0.338 e. The third-order valence-corrected chi connectivity index (χ3v) is 8.67. The van der Waals surface area contributed by atoms with Gasteiger partial charge in [-0.15, -0.1) is 0 Å². The van der Waals surface area contributed by atoms with E-state index in [0.717, 1.165) is 22.6 Å². The Morgan fingerprint density at radius 2 is 1.72 bits per heavy atom. The first-order valence-corrected chi connectivity index (χ1v) is 15.7. The molecule has 4 aromatic rings. The normalized spacial score (nSPS) is 14.6. The molecule has 0 saturated carbocycles. The molecule has 0 spiro atoms. The molecule has 0 amide bonds. The number of hydrogen-bond acceptors (Lipinski definition) is 9. The van der Waals surface area contributed by atoms with Gasteiger partial charge in [0.15, 0.2) is 16.3 Å². The predicted molar refractivity (Wildman–Crippen MR) is 176 cm³/mol. The molecule has 240 valence electrons. The summed E-state index contributed by atoms with van der Waals surface area (Å²) < 4.78 is 25.9. The molecule has 3 heterocycles. The first kappa shape index (κ1) is 32.5. The van der Waals surface area contributed by atoms with Gasteiger partial charge in [-0.05, 0) is 101 Å². The van der Waals surface area contributed by atoms with E-state index in [0.29, 0.717) is 37.7 Å². The molecule has 0 unspecified atom stereocenters. The Labute approximate surface area is 270 Å². The van der Waals surface area contributed by atoms with Crippen molar-refractivity contribution in [3.63, 3.8) is 0 Å². The Morgan fingerprint density at radius 1 is 1.00 bits per heavy atom. The topological polar surface area (TPSA) is 110 Å². The van der Waals surface area contributed by atoms with Crippen molar-refractivity contribution in [2.75, 3.05) is 20.8 Å². The van der Waals surface area contributed by atoms with Crippen molar-refractivity contribution in [3.8, 4) is 17.2 Å². The van der Waals surface area contributed by atoms with Crippen LogP contribution in [0, 0.1) is 13.8 Å². The number of benzene rings is 2. The van der Waals surface area contributed by atoms with Crippen LogP contribution in [0.4, 0.5) is 0 Å². The number of esters is 2. The summed E-state index contributed by atoms with van der Waals surface area (Å²) in [7, 11) is 2.90. The van der Waals surface area contributed by atoms with E-state index in [1.54, 1.807) is 49.8 Å². The second-order valence-corrected chi connectivity index (χ2v) is 12.1. The van der Waals surface area contributed by atoms with Crippen molar-refractivity contribution in [2.45, 2.75) is 53.7 Å². The summed E-state index contributed by atoms with van der Waals surface area (Å²) in [6.45, 7) is 11.5. The third kappa shape index (κ3) is 6.02. The third-order valence-electron chi connectivity index (χ3n) is 7.69. The summed E-state index contributed by atoms with van der Waals surface area (Å²) in [5.41, 5.74) is 5.20. The van der Waals surface area contributed by atoms with E-state index in [4.69, 9.17) is 23.9 Å². The van der Waals surface area contributed by atoms with Crippen molar-refractivity contribution in [1.29, 1.82) is 0 Å². The molecule has 0 fully saturated rings. The van der Waals surface area contributed by atoms with Crippen LogP contribution in [-0.4, -0.2) is 48.0 Å². The molecule has 0 bridgehead atoms. The molecule has 2 aromatic heterocycles. The highest BCUT2D eigenvalue weighted by Crippen LogP contribution is 2.36. The molecule has 1 aliphatic rings. The lowest BCUT2D eigenvalue weighted by molar-refractivity contribution is -0.139. The minimum absolute atomic E-state index is 0.0733. The molecular weight excluding hydrogens is 606 g/mol. The highest BCUT2D eigenvalue weighted by atomic mass is 32.1. The Balaban J connectivity index is 1.65. The van der Waals surface area contributed by atoms with Crippen molar-refractivity contribution >= 4 is 29.4 Å². The highest BCUT2D eigenvalue weighted by molar-refractivity contribution is 7.07. The number of hydrogen-bond donors (Lipinski definition) is 0. The summed E-state index contributed by atoms with van der Waals surface area (Å²) in [6, 6.07) is 13.8. The van der Waals surface area contributed by atoms with Crippen LogP contribution in [0.15, 0.2) is 69.6 Å². The maximum atomic E-state index is 14.2. The van der Waals surface area contributed by atoms with Crippen molar-refractivity contribution < 1.29 is 28.5 Å². The van der Waals surface area contributed by atoms with Gasteiger partial charge in [0, 0.05) is 17.1 Å². The summed E-state index contributed by atoms with van der Waals surface area (Å²) in [6.07, 6.45) is 1.78. The van der Waals surface area contributed by atoms with Crippen LogP contribution >= 0.6 is 11.3 Å². The van der Waals surface area contributed by atoms with Crippen molar-refractivity contribution in [2.24, 2.45) is 4.99 Å². The molecule has 0 radical (unpaired) electrons. The van der Waals surface area contributed by atoms with Gasteiger partial charge in [0.05, 0.1) is 54.3 Å². The average molecular weight is 644 g/mol. The van der Waals surface area contributed by atoms with Crippen LogP contribution < -0.4 is 24.4 Å². The molecule has 2 aromatic carbocycles. The zero-order valence-electron chi connectivity index (χ0n) is 27.2. The van der Waals surface area contributed by atoms with Gasteiger partial charge in [0.1, 0.15) is 0 Å². The van der Waals surface area contributed by atoms with Crippen LogP contribution in [0.3, 0.4) is 0 Å². The van der Waals surface area contributed by atoms with Crippen LogP contribution in [-0.2, 0) is 14.3 Å². The van der Waals surface area contributed by atoms with E-state index in [1.165, 1.54) is 18.4 Å². The number of allylic oxidation sites excluding steroid dienone is 1. The molecule has 0 saturated heterocycles. The Bertz CT molecular complexity index is 2030. The van der Waals surface area contributed by atoms with Gasteiger partial charge in [0.2, 0.25) is 0 Å². The summed E-state index contributed by atoms with van der Waals surface area (Å²) >= 11 is 1.26. The Kier molecular flexibility index (Phi) is 9.34. The van der Waals surface area contributed by atoms with Crippen molar-refractivity contribution in [1.82, 2.24) is 9.13 Å². The van der Waals surface area contributed by atoms with Gasteiger partial charge in [-0.2, -0.15) is 0 Å². The molecule has 46 heavy (non-hydrogen) atoms. The quantitative estimate of drug-likeness (QED) is 0.241. The van der Waals surface area contributed by atoms with Gasteiger partial charge in [-0.1, -0.05) is 17.4 Å². The van der Waals surface area contributed by atoms with E-state index in [-0.39, 0.29) is 23.8 Å². The van der Waals surface area contributed by atoms with E-state index in [2.05, 4.69) is 4.57 Å². The number of carbonyl (C=O) groups excluding carboxylic acids is 2. The van der Waals surface area contributed by atoms with E-state index in [9.17, 15) is 14.4 Å². The fraction of sp³-hybridized carbons (Fsp3) is 0.314. The second kappa shape index (κ2) is 13.2. The van der Waals surface area contributed by atoms with E-state index in [1.807, 2.05) is 58.0 Å². The largest absolute Gasteiger partial charge is 0.493 e. The number of carbonyl (C=O) groups is 2. The van der Waals surface area contributed by atoms with Gasteiger partial charge in [-0.25, -0.2) is 14.6 Å². The van der Waals surface area contributed by atoms with Crippen LogP contribution in [0.2, 0.25) is 0 Å². The molecule has 10 nitrogen and oxygen atoms in total. The highest BCUT2D eigenvalue weighted by Gasteiger charge is 2.34. The van der Waals surface area contributed by atoms with Gasteiger partial charge in [0.25, 0.3) is 5.56 Å². The zero-order chi connectivity index (χ0) is 33.3. The second-order valence-electron chi connectivity index (χ2n) is 11.1. The monoisotopic (exact) mass is 643 g/mol.